The number of thiazole rings is 1. The topological polar surface area (TPSA) is 88.8 Å². The average molecular weight is 710 g/mol. The Labute approximate surface area is 297 Å². The van der Waals surface area contributed by atoms with Crippen LogP contribution in [0.2, 0.25) is 0 Å². The maximum atomic E-state index is 10.4. The number of hydrogen-bond donors (Lipinski definition) is 0. The Morgan fingerprint density at radius 1 is 0.771 bits per heavy atom. The van der Waals surface area contributed by atoms with Crippen molar-refractivity contribution in [3.05, 3.63) is 46.9 Å². The van der Waals surface area contributed by atoms with E-state index in [1.165, 1.54) is 128 Å². The Hall–Kier alpha value is -1.36. The van der Waals surface area contributed by atoms with E-state index in [0.717, 1.165) is 58.0 Å². The van der Waals surface area contributed by atoms with Gasteiger partial charge in [0.15, 0.2) is 6.20 Å². The minimum atomic E-state index is -4.27. The minimum Gasteiger partial charge on any atom is -0.744 e. The van der Waals surface area contributed by atoms with Crippen molar-refractivity contribution < 1.29 is 31.7 Å². The van der Waals surface area contributed by atoms with Crippen LogP contribution in [0, 0.1) is 12.8 Å². The van der Waals surface area contributed by atoms with Crippen molar-refractivity contribution in [1.29, 1.82) is 0 Å². The van der Waals surface area contributed by atoms with Crippen LogP contribution in [-0.2, 0) is 30.9 Å². The number of ether oxygens (including phenoxy) is 3. The molecule has 2 aromatic rings. The number of aryl methyl sites for hydroxylation is 2. The Bertz CT molecular complexity index is 1090. The van der Waals surface area contributed by atoms with Crippen LogP contribution >= 0.6 is 11.3 Å². The summed E-state index contributed by atoms with van der Waals surface area (Å²) < 4.78 is 51.2. The summed E-state index contributed by atoms with van der Waals surface area (Å²) in [6.07, 6.45) is 29.7. The second-order valence-electron chi connectivity index (χ2n) is 13.6. The quantitative estimate of drug-likeness (QED) is 0.0497. The van der Waals surface area contributed by atoms with Crippen LogP contribution in [0.5, 0.6) is 0 Å². The Morgan fingerprint density at radius 3 is 1.81 bits per heavy atom. The van der Waals surface area contributed by atoms with Crippen molar-refractivity contribution in [2.45, 2.75) is 160 Å². The molecule has 1 fully saturated rings. The van der Waals surface area contributed by atoms with Gasteiger partial charge in [0, 0.05) is 25.6 Å². The molecule has 0 amide bonds. The average Bonchev–Trinajstić information content (AvgIpc) is 3.76. The van der Waals surface area contributed by atoms with E-state index in [9.17, 15) is 13.0 Å². The molecule has 0 saturated carbocycles. The van der Waals surface area contributed by atoms with Gasteiger partial charge in [-0.25, -0.2) is 8.42 Å². The molecule has 0 aliphatic carbocycles. The van der Waals surface area contributed by atoms with Crippen LogP contribution in [0.25, 0.3) is 0 Å². The molecule has 48 heavy (non-hydrogen) atoms. The molecule has 0 N–H and O–H groups in total. The van der Waals surface area contributed by atoms with Gasteiger partial charge in [-0.15, -0.1) is 0 Å². The molecular weight excluding hydrogens is 643 g/mol. The fourth-order valence-electron chi connectivity index (χ4n) is 6.00. The zero-order chi connectivity index (χ0) is 34.5. The predicted molar refractivity (Wildman–Crippen MR) is 197 cm³/mol. The molecular formula is C39H67NO6S2. The van der Waals surface area contributed by atoms with E-state index in [4.69, 9.17) is 14.2 Å². The first-order valence-corrected chi connectivity index (χ1v) is 21.4. The van der Waals surface area contributed by atoms with Crippen molar-refractivity contribution in [3.8, 4) is 0 Å². The van der Waals surface area contributed by atoms with E-state index >= 15 is 0 Å². The predicted octanol–water partition coefficient (Wildman–Crippen LogP) is 9.80. The van der Waals surface area contributed by atoms with Gasteiger partial charge in [0.25, 0.3) is 0 Å². The summed E-state index contributed by atoms with van der Waals surface area (Å²) in [6, 6.07) is 5.78. The highest BCUT2D eigenvalue weighted by Gasteiger charge is 2.25. The molecule has 3 rings (SSSR count). The molecule has 0 radical (unpaired) electrons. The van der Waals surface area contributed by atoms with E-state index in [1.807, 2.05) is 6.92 Å². The Morgan fingerprint density at radius 2 is 1.29 bits per heavy atom. The second kappa shape index (κ2) is 28.3. The van der Waals surface area contributed by atoms with Crippen LogP contribution in [0.1, 0.15) is 141 Å². The summed E-state index contributed by atoms with van der Waals surface area (Å²) in [7, 11) is -4.27. The zero-order valence-corrected chi connectivity index (χ0v) is 31.9. The first-order chi connectivity index (χ1) is 23.4. The maximum absolute atomic E-state index is 10.4. The van der Waals surface area contributed by atoms with E-state index in [-0.39, 0.29) is 11.0 Å². The van der Waals surface area contributed by atoms with Crippen molar-refractivity contribution in [3.63, 3.8) is 0 Å². The van der Waals surface area contributed by atoms with E-state index < -0.39 is 10.1 Å². The van der Waals surface area contributed by atoms with Crippen molar-refractivity contribution in [2.24, 2.45) is 5.92 Å². The fourth-order valence-corrected chi connectivity index (χ4v) is 7.10. The molecule has 2 heterocycles. The molecule has 1 aliphatic rings. The number of unbranched alkanes of at least 4 members (excludes halogenated alkanes) is 17. The highest BCUT2D eigenvalue weighted by Crippen LogP contribution is 2.21. The van der Waals surface area contributed by atoms with Gasteiger partial charge in [-0.2, -0.15) is 4.57 Å². The molecule has 1 aromatic heterocycles. The lowest BCUT2D eigenvalue weighted by molar-refractivity contribution is -0.692. The smallest absolute Gasteiger partial charge is 0.224 e. The minimum absolute atomic E-state index is 0.178. The van der Waals surface area contributed by atoms with Crippen LogP contribution in [-0.4, -0.2) is 52.1 Å². The fraction of sp³-hybridized carbons (Fsp3) is 0.769. The standard InChI is InChI=1S/C32H60NO3S.C7H8O3S/c1-2-3-4-5-6-7-8-9-10-11-12-13-14-15-16-19-24-35-29-32-26-31(28-36-32)27-34-23-20-17-18-21-33-22-25-37-30-33;1-6-2-4-7(5-3-6)11(8,9)10/h22,25,30-32H,2-21,23-24,26-29H2,1H3;2-5H,1H3,(H,8,9,10)/q+1;/p-1. The lowest BCUT2D eigenvalue weighted by Gasteiger charge is -2.11. The van der Waals surface area contributed by atoms with Crippen molar-refractivity contribution >= 4 is 21.5 Å². The summed E-state index contributed by atoms with van der Waals surface area (Å²) in [5, 5.41) is 2.13. The van der Waals surface area contributed by atoms with Gasteiger partial charge >= 0.3 is 0 Å². The molecule has 1 saturated heterocycles. The monoisotopic (exact) mass is 709 g/mol. The highest BCUT2D eigenvalue weighted by molar-refractivity contribution is 7.85. The molecule has 0 spiro atoms. The first-order valence-electron chi connectivity index (χ1n) is 19.1. The van der Waals surface area contributed by atoms with E-state index in [1.54, 1.807) is 23.5 Å². The van der Waals surface area contributed by atoms with Gasteiger partial charge in [0.05, 0.1) is 36.2 Å². The lowest BCUT2D eigenvalue weighted by Crippen LogP contribution is -2.29. The number of hydrogen-bond acceptors (Lipinski definition) is 7. The summed E-state index contributed by atoms with van der Waals surface area (Å²) in [5.74, 6) is 0.547. The Kier molecular flexibility index (Phi) is 25.3. The third-order valence-corrected chi connectivity index (χ3v) is 10.5. The van der Waals surface area contributed by atoms with Gasteiger partial charge in [-0.1, -0.05) is 132 Å². The van der Waals surface area contributed by atoms with E-state index in [0.29, 0.717) is 5.92 Å². The molecule has 1 aliphatic heterocycles. The van der Waals surface area contributed by atoms with Crippen LogP contribution < -0.4 is 4.57 Å². The lowest BCUT2D eigenvalue weighted by atomic mass is 10.0. The van der Waals surface area contributed by atoms with Crippen molar-refractivity contribution in [2.75, 3.05) is 33.0 Å². The van der Waals surface area contributed by atoms with Gasteiger partial charge in [0.1, 0.15) is 16.7 Å². The molecule has 2 atom stereocenters. The summed E-state index contributed by atoms with van der Waals surface area (Å²) in [6.45, 7) is 9.45. The number of aromatic nitrogens is 1. The highest BCUT2D eigenvalue weighted by atomic mass is 32.2. The molecule has 1 aromatic carbocycles. The second-order valence-corrected chi connectivity index (χ2v) is 15.7. The van der Waals surface area contributed by atoms with Crippen LogP contribution in [0.4, 0.5) is 0 Å². The number of nitrogens with zero attached hydrogens (tertiary/aromatic N) is 1. The molecule has 0 bridgehead atoms. The van der Waals surface area contributed by atoms with E-state index in [2.05, 4.69) is 28.6 Å². The molecule has 2 unspecified atom stereocenters. The maximum Gasteiger partial charge on any atom is 0.224 e. The SMILES string of the molecule is CCCCCCCCCCCCCCCCCCOCC1CC(COCCCCC[n+]2ccsc2)CO1.Cc1ccc(S(=O)(=O)[O-])cc1. The Balaban J connectivity index is 0.000000613. The number of rotatable bonds is 28. The van der Waals surface area contributed by atoms with Gasteiger partial charge in [-0.3, -0.25) is 0 Å². The molecule has 9 heteroatoms. The zero-order valence-electron chi connectivity index (χ0n) is 30.3. The summed E-state index contributed by atoms with van der Waals surface area (Å²) in [4.78, 5) is -0.178. The number of benzene rings is 1. The van der Waals surface area contributed by atoms with Gasteiger partial charge in [0.2, 0.25) is 5.51 Å². The van der Waals surface area contributed by atoms with Gasteiger partial charge in [-0.05, 0) is 44.7 Å². The van der Waals surface area contributed by atoms with Gasteiger partial charge < -0.3 is 18.8 Å². The first kappa shape index (κ1) is 42.8. The largest absolute Gasteiger partial charge is 0.744 e. The summed E-state index contributed by atoms with van der Waals surface area (Å²) in [5.41, 5.74) is 3.11. The molecule has 7 nitrogen and oxygen atoms in total. The third-order valence-electron chi connectivity index (χ3n) is 9.01. The van der Waals surface area contributed by atoms with Crippen molar-refractivity contribution in [1.82, 2.24) is 0 Å². The van der Waals surface area contributed by atoms with Crippen LogP contribution in [0.15, 0.2) is 46.2 Å². The summed E-state index contributed by atoms with van der Waals surface area (Å²) >= 11 is 1.76. The molecule has 276 valence electrons. The van der Waals surface area contributed by atoms with Crippen LogP contribution in [0.3, 0.4) is 0 Å². The normalized spacial score (nSPS) is 16.2. The third kappa shape index (κ3) is 23.1.